The van der Waals surface area contributed by atoms with E-state index in [-0.39, 0.29) is 37.7 Å². The smallest absolute Gasteiger partial charge is 0.661 e. The summed E-state index contributed by atoms with van der Waals surface area (Å²) in [6.45, 7) is 22.0. The van der Waals surface area contributed by atoms with Crippen LogP contribution in [0.25, 0.3) is 45.8 Å². The molecule has 4 atom stereocenters. The maximum absolute atomic E-state index is 13.7. The van der Waals surface area contributed by atoms with Crippen LogP contribution in [0.5, 0.6) is 0 Å². The molecule has 0 saturated heterocycles. The van der Waals surface area contributed by atoms with Crippen molar-refractivity contribution in [1.29, 1.82) is 0 Å². The number of nitrogens with zero attached hydrogens (tertiary/aromatic N) is 4. The molecule has 0 radical (unpaired) electrons. The number of carbonyl (C=O) groups excluding carboxylic acids is 1. The van der Waals surface area contributed by atoms with Gasteiger partial charge in [-0.3, -0.25) is 9.98 Å². The third-order valence-corrected chi connectivity index (χ3v) is 15.0. The Morgan fingerprint density at radius 1 is 0.549 bits per heavy atom. The van der Waals surface area contributed by atoms with Gasteiger partial charge in [-0.1, -0.05) is 165 Å². The van der Waals surface area contributed by atoms with Crippen LogP contribution in [0.2, 0.25) is 0 Å². The number of hydrogen-bond donors (Lipinski definition) is 0. The Balaban J connectivity index is 0.000000188. The molecule has 0 N–H and O–H groups in total. The van der Waals surface area contributed by atoms with Crippen molar-refractivity contribution in [3.63, 3.8) is 0 Å². The quantitative estimate of drug-likeness (QED) is 0.0587. The third kappa shape index (κ3) is 11.0. The fourth-order valence-corrected chi connectivity index (χ4v) is 12.0. The second kappa shape index (κ2) is 22.4. The minimum Gasteiger partial charge on any atom is -0.661 e. The van der Waals surface area contributed by atoms with Crippen LogP contribution in [0.1, 0.15) is 142 Å². The van der Waals surface area contributed by atoms with E-state index < -0.39 is 0 Å². The topological polar surface area (TPSA) is 97.7 Å². The van der Waals surface area contributed by atoms with Crippen LogP contribution < -0.4 is 9.97 Å². The summed E-state index contributed by atoms with van der Waals surface area (Å²) < 4.78 is 6.22. The molecule has 4 heterocycles. The normalized spacial score (nSPS) is 24.6. The molecule has 6 aromatic rings. The monoisotopic (exact) mass is 996 g/mol. The van der Waals surface area contributed by atoms with Gasteiger partial charge in [-0.25, -0.2) is 14.6 Å². The molecule has 2 aliphatic heterocycles. The van der Waals surface area contributed by atoms with Crippen LogP contribution in [0.4, 0.5) is 0 Å². The summed E-state index contributed by atoms with van der Waals surface area (Å²) in [6.07, 6.45) is 8.71. The van der Waals surface area contributed by atoms with Gasteiger partial charge in [-0.2, -0.15) is 5.69 Å². The SMILES string of the molecule is CC1=N/C(=C\c2[n-]c(C)c(C(=O)OC3C(C)CC(C)CC3C)c2-c2ccccc2)c2ccccc21.CC1=N/C(=C\c2[n-]c(C)c(COOC3C(C)CC(C)CC3C)c2-c2ccccc2)c2ccccc21.[Zn+2]. The predicted octanol–water partition coefficient (Wildman–Crippen LogP) is 14.6. The van der Waals surface area contributed by atoms with E-state index in [0.717, 1.165) is 103 Å². The first-order valence-corrected chi connectivity index (χ1v) is 25.4. The van der Waals surface area contributed by atoms with Gasteiger partial charge in [0.05, 0.1) is 17.5 Å². The molecule has 8 nitrogen and oxygen atoms in total. The van der Waals surface area contributed by atoms with Gasteiger partial charge in [0.15, 0.2) is 0 Å². The second-order valence-corrected chi connectivity index (χ2v) is 20.8. The van der Waals surface area contributed by atoms with E-state index in [1.807, 2.05) is 68.5 Å². The molecule has 71 heavy (non-hydrogen) atoms. The van der Waals surface area contributed by atoms with Gasteiger partial charge in [-0.05, 0) is 115 Å². The molecule has 2 saturated carbocycles. The molecule has 0 spiro atoms. The number of aliphatic imine (C=N–C) groups is 2. The molecular formula is C62H68N4O4Zn. The summed E-state index contributed by atoms with van der Waals surface area (Å²) in [4.78, 5) is 45.2. The standard InChI is InChI=1S/C31H35N2O2.C31H34N2O2.Zn/c1-19-15-20(2)31(21(3)16-19)35-34-18-27-23(5)33-29(30(27)24-11-7-6-8-12-24)17-28-26-14-10-9-13-25(26)22(4)32-28;1-18-15-19(2)30(20(3)16-18)35-31(34)28-22(5)33-27(29(28)23-11-7-6-8-12-23)17-26-25-14-10-9-13-24(25)21(4)32-26;/h6-14,17,19-21,31H,15-16,18H2,1-5H3;6-14,17-20,30H,15-16H2,1-5H3,(H,32,33,34);/q-1;;+2/p-1/b28-17-;;. The first-order valence-electron chi connectivity index (χ1n) is 25.4. The summed E-state index contributed by atoms with van der Waals surface area (Å²) in [7, 11) is 0. The zero-order valence-corrected chi connectivity index (χ0v) is 46.3. The summed E-state index contributed by atoms with van der Waals surface area (Å²) in [6, 6.07) is 37.1. The fourth-order valence-electron chi connectivity index (χ4n) is 12.0. The Labute approximate surface area is 434 Å². The molecule has 9 heteroatoms. The van der Waals surface area contributed by atoms with E-state index in [1.165, 1.54) is 18.4 Å². The Morgan fingerprint density at radius 3 is 1.45 bits per heavy atom. The van der Waals surface area contributed by atoms with E-state index in [9.17, 15) is 4.79 Å². The van der Waals surface area contributed by atoms with E-state index >= 15 is 0 Å². The minimum atomic E-state index is -0.275. The number of hydrogen-bond acceptors (Lipinski definition) is 6. The zero-order valence-electron chi connectivity index (χ0n) is 43.3. The number of aromatic nitrogens is 2. The first-order chi connectivity index (χ1) is 33.7. The van der Waals surface area contributed by atoms with Crippen molar-refractivity contribution in [2.75, 3.05) is 0 Å². The van der Waals surface area contributed by atoms with E-state index in [0.29, 0.717) is 47.5 Å². The van der Waals surface area contributed by atoms with Crippen molar-refractivity contribution in [2.45, 2.75) is 114 Å². The number of benzene rings is 4. The van der Waals surface area contributed by atoms with Crippen LogP contribution in [0, 0.1) is 49.4 Å². The van der Waals surface area contributed by atoms with Gasteiger partial charge in [-0.15, -0.1) is 17.1 Å². The maximum atomic E-state index is 13.7. The molecule has 0 bridgehead atoms. The zero-order chi connectivity index (χ0) is 49.2. The number of esters is 1. The molecule has 2 fully saturated rings. The van der Waals surface area contributed by atoms with Gasteiger partial charge in [0.2, 0.25) is 0 Å². The van der Waals surface area contributed by atoms with Crippen molar-refractivity contribution in [3.8, 4) is 22.3 Å². The molecular weight excluding hydrogens is 930 g/mol. The Morgan fingerprint density at radius 2 is 0.958 bits per heavy atom. The summed E-state index contributed by atoms with van der Waals surface area (Å²) in [5.74, 6) is 2.80. The average molecular weight is 999 g/mol. The van der Waals surface area contributed by atoms with Crippen LogP contribution in [0.3, 0.4) is 0 Å². The average Bonchev–Trinajstić information content (AvgIpc) is 4.05. The molecule has 2 aliphatic carbocycles. The molecule has 4 unspecified atom stereocenters. The number of rotatable bonds is 10. The van der Waals surface area contributed by atoms with Gasteiger partial charge in [0, 0.05) is 39.2 Å². The number of carbonyl (C=O) groups is 1. The molecule has 4 aromatic carbocycles. The van der Waals surface area contributed by atoms with Gasteiger partial charge in [0.25, 0.3) is 0 Å². The predicted molar refractivity (Wildman–Crippen MR) is 285 cm³/mol. The van der Waals surface area contributed by atoms with Crippen molar-refractivity contribution >= 4 is 40.9 Å². The Hall–Kier alpha value is -5.73. The molecule has 10 rings (SSSR count). The van der Waals surface area contributed by atoms with Crippen molar-refractivity contribution in [1.82, 2.24) is 9.97 Å². The van der Waals surface area contributed by atoms with Crippen molar-refractivity contribution in [2.24, 2.45) is 45.5 Å². The Bertz CT molecular complexity index is 2960. The largest absolute Gasteiger partial charge is 2.00 e. The van der Waals surface area contributed by atoms with Crippen LogP contribution in [0.15, 0.2) is 119 Å². The minimum absolute atomic E-state index is 0. The summed E-state index contributed by atoms with van der Waals surface area (Å²) in [5, 5.41) is 0. The van der Waals surface area contributed by atoms with E-state index in [1.54, 1.807) is 0 Å². The van der Waals surface area contributed by atoms with Crippen molar-refractivity contribution in [3.05, 3.63) is 165 Å². The molecule has 2 aromatic heterocycles. The molecule has 0 amide bonds. The second-order valence-electron chi connectivity index (χ2n) is 20.8. The van der Waals surface area contributed by atoms with Gasteiger partial charge < -0.3 is 14.7 Å². The van der Waals surface area contributed by atoms with Gasteiger partial charge in [0.1, 0.15) is 12.7 Å². The number of ether oxygens (including phenoxy) is 1. The first kappa shape index (κ1) is 51.6. The summed E-state index contributed by atoms with van der Waals surface area (Å²) >= 11 is 0. The van der Waals surface area contributed by atoms with Crippen LogP contribution in [-0.4, -0.2) is 29.6 Å². The van der Waals surface area contributed by atoms with E-state index in [2.05, 4.69) is 122 Å². The third-order valence-electron chi connectivity index (χ3n) is 15.0. The number of aryl methyl sites for hydroxylation is 2. The van der Waals surface area contributed by atoms with Crippen molar-refractivity contribution < 1.29 is 38.8 Å². The maximum Gasteiger partial charge on any atom is 2.00 e. The van der Waals surface area contributed by atoms with Crippen LogP contribution >= 0.6 is 0 Å². The van der Waals surface area contributed by atoms with Gasteiger partial charge >= 0.3 is 25.4 Å². The van der Waals surface area contributed by atoms with E-state index in [4.69, 9.17) is 34.5 Å². The Kier molecular flexibility index (Phi) is 16.3. The summed E-state index contributed by atoms with van der Waals surface area (Å²) in [5.41, 5.74) is 17.4. The number of fused-ring (bicyclic) bond motifs is 2. The van der Waals surface area contributed by atoms with Crippen LogP contribution in [-0.2, 0) is 40.6 Å². The molecule has 362 valence electrons. The molecule has 4 aliphatic rings. The fraction of sp³-hybridized carbons (Fsp3) is 0.371.